The highest BCUT2D eigenvalue weighted by Crippen LogP contribution is 2.10. The molecule has 0 radical (unpaired) electrons. The van der Waals surface area contributed by atoms with Crippen molar-refractivity contribution in [3.05, 3.63) is 0 Å². The molecule has 0 saturated heterocycles. The number of aliphatic hydroxyl groups excluding tert-OH is 1. The molecule has 0 rings (SSSR count). The molecular formula is C15H31NO2. The third-order valence-corrected chi connectivity index (χ3v) is 3.21. The standard InChI is InChI=1S/C15H31NO2/c1-3-4-5-6-7-8-9-10-11-12-13-16-15(18)14(2)17/h14,17H,3-13H2,1-2H3,(H,16,18). The number of amides is 1. The van der Waals surface area contributed by atoms with Gasteiger partial charge in [0, 0.05) is 6.54 Å². The summed E-state index contributed by atoms with van der Waals surface area (Å²) in [5.74, 6) is -0.258. The fourth-order valence-electron chi connectivity index (χ4n) is 1.97. The summed E-state index contributed by atoms with van der Waals surface area (Å²) in [6.07, 6.45) is 12.1. The number of hydrogen-bond acceptors (Lipinski definition) is 2. The van der Waals surface area contributed by atoms with Crippen molar-refractivity contribution in [1.29, 1.82) is 0 Å². The Balaban J connectivity index is 3.05. The van der Waals surface area contributed by atoms with Gasteiger partial charge in [0.25, 0.3) is 0 Å². The molecule has 108 valence electrons. The van der Waals surface area contributed by atoms with Gasteiger partial charge in [0.05, 0.1) is 0 Å². The van der Waals surface area contributed by atoms with Crippen molar-refractivity contribution in [2.75, 3.05) is 6.54 Å². The zero-order valence-electron chi connectivity index (χ0n) is 12.2. The summed E-state index contributed by atoms with van der Waals surface area (Å²) in [7, 11) is 0. The summed E-state index contributed by atoms with van der Waals surface area (Å²) >= 11 is 0. The van der Waals surface area contributed by atoms with E-state index < -0.39 is 6.10 Å². The normalized spacial score (nSPS) is 12.4. The summed E-state index contributed by atoms with van der Waals surface area (Å²) < 4.78 is 0. The number of hydrogen-bond donors (Lipinski definition) is 2. The van der Waals surface area contributed by atoms with Crippen LogP contribution in [-0.2, 0) is 4.79 Å². The van der Waals surface area contributed by atoms with Crippen LogP contribution in [0.4, 0.5) is 0 Å². The smallest absolute Gasteiger partial charge is 0.248 e. The number of rotatable bonds is 12. The van der Waals surface area contributed by atoms with Gasteiger partial charge in [-0.15, -0.1) is 0 Å². The van der Waals surface area contributed by atoms with Crippen molar-refractivity contribution in [3.63, 3.8) is 0 Å². The molecule has 0 aliphatic rings. The van der Waals surface area contributed by atoms with Gasteiger partial charge in [0.1, 0.15) is 6.10 Å². The SMILES string of the molecule is CCCCCCCCCCCCNC(=O)C(C)O. The van der Waals surface area contributed by atoms with Gasteiger partial charge in [-0.05, 0) is 13.3 Å². The Kier molecular flexibility index (Phi) is 12.5. The van der Waals surface area contributed by atoms with E-state index >= 15 is 0 Å². The molecule has 0 aromatic carbocycles. The van der Waals surface area contributed by atoms with E-state index in [1.807, 2.05) is 0 Å². The number of aliphatic hydroxyl groups is 1. The molecule has 0 spiro atoms. The number of carbonyl (C=O) groups excluding carboxylic acids is 1. The van der Waals surface area contributed by atoms with Crippen LogP contribution in [-0.4, -0.2) is 23.7 Å². The first-order valence-corrected chi connectivity index (χ1v) is 7.64. The Bertz CT molecular complexity index is 193. The Labute approximate surface area is 112 Å². The Hall–Kier alpha value is -0.570. The highest BCUT2D eigenvalue weighted by Gasteiger charge is 2.06. The minimum atomic E-state index is -0.881. The Morgan fingerprint density at radius 3 is 1.83 bits per heavy atom. The quantitative estimate of drug-likeness (QED) is 0.526. The molecule has 0 aromatic heterocycles. The van der Waals surface area contributed by atoms with Gasteiger partial charge in [0.15, 0.2) is 0 Å². The lowest BCUT2D eigenvalue weighted by atomic mass is 10.1. The summed E-state index contributed by atoms with van der Waals surface area (Å²) in [4.78, 5) is 11.0. The average Bonchev–Trinajstić information content (AvgIpc) is 2.35. The zero-order chi connectivity index (χ0) is 13.6. The summed E-state index contributed by atoms with van der Waals surface area (Å²) in [6.45, 7) is 4.43. The molecule has 1 unspecified atom stereocenters. The zero-order valence-corrected chi connectivity index (χ0v) is 12.2. The van der Waals surface area contributed by atoms with E-state index in [0.29, 0.717) is 6.54 Å². The largest absolute Gasteiger partial charge is 0.384 e. The van der Waals surface area contributed by atoms with E-state index in [1.54, 1.807) is 0 Å². The average molecular weight is 257 g/mol. The van der Waals surface area contributed by atoms with Crippen LogP contribution in [0.1, 0.15) is 78.1 Å². The lowest BCUT2D eigenvalue weighted by Gasteiger charge is -2.06. The van der Waals surface area contributed by atoms with Crippen molar-refractivity contribution >= 4 is 5.91 Å². The van der Waals surface area contributed by atoms with Crippen molar-refractivity contribution in [2.45, 2.75) is 84.2 Å². The molecule has 0 aromatic rings. The van der Waals surface area contributed by atoms with Crippen LogP contribution >= 0.6 is 0 Å². The van der Waals surface area contributed by atoms with Gasteiger partial charge < -0.3 is 10.4 Å². The van der Waals surface area contributed by atoms with Crippen LogP contribution in [0.5, 0.6) is 0 Å². The topological polar surface area (TPSA) is 49.3 Å². The molecule has 1 amide bonds. The van der Waals surface area contributed by atoms with E-state index in [2.05, 4.69) is 12.2 Å². The maximum atomic E-state index is 11.0. The molecule has 0 heterocycles. The molecule has 0 aliphatic heterocycles. The van der Waals surface area contributed by atoms with Crippen molar-refractivity contribution in [2.24, 2.45) is 0 Å². The Morgan fingerprint density at radius 2 is 1.39 bits per heavy atom. The number of nitrogens with one attached hydrogen (secondary N) is 1. The molecule has 0 fully saturated rings. The molecule has 0 aliphatic carbocycles. The van der Waals surface area contributed by atoms with Crippen LogP contribution in [0.15, 0.2) is 0 Å². The van der Waals surface area contributed by atoms with Crippen molar-refractivity contribution in [3.8, 4) is 0 Å². The summed E-state index contributed by atoms with van der Waals surface area (Å²) in [5.41, 5.74) is 0. The molecule has 0 saturated carbocycles. The highest BCUT2D eigenvalue weighted by molar-refractivity contribution is 5.79. The van der Waals surface area contributed by atoms with Crippen LogP contribution in [0.25, 0.3) is 0 Å². The molecule has 1 atom stereocenters. The predicted octanol–water partition coefficient (Wildman–Crippen LogP) is 3.40. The van der Waals surface area contributed by atoms with E-state index in [-0.39, 0.29) is 5.91 Å². The fourth-order valence-corrected chi connectivity index (χ4v) is 1.97. The Morgan fingerprint density at radius 1 is 0.944 bits per heavy atom. The maximum Gasteiger partial charge on any atom is 0.248 e. The van der Waals surface area contributed by atoms with E-state index in [9.17, 15) is 4.79 Å². The molecule has 18 heavy (non-hydrogen) atoms. The first kappa shape index (κ1) is 17.4. The molecule has 0 bridgehead atoms. The van der Waals surface area contributed by atoms with Gasteiger partial charge in [-0.25, -0.2) is 0 Å². The monoisotopic (exact) mass is 257 g/mol. The van der Waals surface area contributed by atoms with Crippen LogP contribution in [0.2, 0.25) is 0 Å². The highest BCUT2D eigenvalue weighted by atomic mass is 16.3. The first-order chi connectivity index (χ1) is 8.68. The number of carbonyl (C=O) groups is 1. The summed E-state index contributed by atoms with van der Waals surface area (Å²) in [5, 5.41) is 11.7. The van der Waals surface area contributed by atoms with Gasteiger partial charge in [0.2, 0.25) is 5.91 Å². The van der Waals surface area contributed by atoms with Crippen molar-refractivity contribution in [1.82, 2.24) is 5.32 Å². The van der Waals surface area contributed by atoms with E-state index in [1.165, 1.54) is 64.7 Å². The van der Waals surface area contributed by atoms with Gasteiger partial charge >= 0.3 is 0 Å². The predicted molar refractivity (Wildman–Crippen MR) is 76.5 cm³/mol. The van der Waals surface area contributed by atoms with E-state index in [4.69, 9.17) is 5.11 Å². The molecule has 3 heteroatoms. The second kappa shape index (κ2) is 12.9. The van der Waals surface area contributed by atoms with Crippen LogP contribution < -0.4 is 5.32 Å². The minimum Gasteiger partial charge on any atom is -0.384 e. The second-order valence-corrected chi connectivity index (χ2v) is 5.15. The van der Waals surface area contributed by atoms with E-state index in [0.717, 1.165) is 6.42 Å². The van der Waals surface area contributed by atoms with Gasteiger partial charge in [-0.2, -0.15) is 0 Å². The maximum absolute atomic E-state index is 11.0. The molecule has 3 nitrogen and oxygen atoms in total. The molecule has 2 N–H and O–H groups in total. The third kappa shape index (κ3) is 11.9. The minimum absolute atomic E-state index is 0.258. The second-order valence-electron chi connectivity index (χ2n) is 5.15. The summed E-state index contributed by atoms with van der Waals surface area (Å²) in [6, 6.07) is 0. The molecular weight excluding hydrogens is 226 g/mol. The van der Waals surface area contributed by atoms with Crippen LogP contribution in [0, 0.1) is 0 Å². The fraction of sp³-hybridized carbons (Fsp3) is 0.933. The van der Waals surface area contributed by atoms with Gasteiger partial charge in [-0.1, -0.05) is 64.7 Å². The third-order valence-electron chi connectivity index (χ3n) is 3.21. The lowest BCUT2D eigenvalue weighted by Crippen LogP contribution is -2.33. The lowest BCUT2D eigenvalue weighted by molar-refractivity contribution is -0.128. The first-order valence-electron chi connectivity index (χ1n) is 7.64. The van der Waals surface area contributed by atoms with Crippen molar-refractivity contribution < 1.29 is 9.90 Å². The van der Waals surface area contributed by atoms with Crippen LogP contribution in [0.3, 0.4) is 0 Å². The van der Waals surface area contributed by atoms with Gasteiger partial charge in [-0.3, -0.25) is 4.79 Å². The number of unbranched alkanes of at least 4 members (excludes halogenated alkanes) is 9.